The number of nitriles is 1. The van der Waals surface area contributed by atoms with E-state index in [0.29, 0.717) is 30.4 Å². The van der Waals surface area contributed by atoms with E-state index >= 15 is 0 Å². The summed E-state index contributed by atoms with van der Waals surface area (Å²) in [5.41, 5.74) is -1.27. The highest BCUT2D eigenvalue weighted by atomic mass is 16.6. The molecule has 2 aromatic heterocycles. The number of carbonyl (C=O) groups excluding carboxylic acids is 2. The standard InChI is InChI=1S/C34H34N2O8.CH2O2/c1-18-23-14-27(43-31(39)21-9-7-20(16-35)8-10-21)34(4)30(33(23,3)12-11-24(18)41-19(2)37)29(38)28-26(44-34)15-25(42-32(28)40)22-6-5-13-36-17-22;2-1-3/h5-10,13,15,17-18,23-24,27,29-30,38H,11-12,14H2,1-4H3;1H,(H,2,3). The quantitative estimate of drug-likeness (QED) is 0.295. The maximum Gasteiger partial charge on any atom is 0.345 e. The highest BCUT2D eigenvalue weighted by Gasteiger charge is 2.68. The van der Waals surface area contributed by atoms with E-state index in [1.165, 1.54) is 19.1 Å². The smallest absolute Gasteiger partial charge is 0.345 e. The average molecular weight is 645 g/mol. The molecule has 0 spiro atoms. The van der Waals surface area contributed by atoms with Crippen LogP contribution < -0.4 is 10.4 Å². The third-order valence-corrected chi connectivity index (χ3v) is 10.1. The van der Waals surface area contributed by atoms with Gasteiger partial charge in [-0.25, -0.2) is 9.59 Å². The van der Waals surface area contributed by atoms with Crippen LogP contribution in [0.3, 0.4) is 0 Å². The molecule has 1 aliphatic heterocycles. The number of aliphatic hydroxyl groups is 1. The third-order valence-electron chi connectivity index (χ3n) is 10.1. The van der Waals surface area contributed by atoms with Crippen LogP contribution in [0.25, 0.3) is 11.3 Å². The molecule has 3 heterocycles. The lowest BCUT2D eigenvalue weighted by atomic mass is 9.46. The summed E-state index contributed by atoms with van der Waals surface area (Å²) in [7, 11) is 0. The van der Waals surface area contributed by atoms with Gasteiger partial charge >= 0.3 is 17.6 Å². The molecule has 0 amide bonds. The summed E-state index contributed by atoms with van der Waals surface area (Å²) in [5, 5.41) is 28.1. The first-order valence-electron chi connectivity index (χ1n) is 15.3. The van der Waals surface area contributed by atoms with E-state index in [2.05, 4.69) is 11.9 Å². The Balaban J connectivity index is 0.00000139. The Labute approximate surface area is 270 Å². The van der Waals surface area contributed by atoms with Crippen molar-refractivity contribution in [1.29, 1.82) is 5.26 Å². The van der Waals surface area contributed by atoms with Gasteiger partial charge in [-0.1, -0.05) is 13.8 Å². The first-order chi connectivity index (χ1) is 22.4. The normalized spacial score (nSPS) is 30.3. The molecule has 0 saturated heterocycles. The number of nitrogens with zero attached hydrogens (tertiary/aromatic N) is 2. The van der Waals surface area contributed by atoms with Gasteiger partial charge in [0.05, 0.1) is 23.3 Å². The Morgan fingerprint density at radius 3 is 2.49 bits per heavy atom. The Morgan fingerprint density at radius 2 is 1.87 bits per heavy atom. The lowest BCUT2D eigenvalue weighted by molar-refractivity contribution is -0.243. The van der Waals surface area contributed by atoms with Gasteiger partial charge in [0.2, 0.25) is 0 Å². The first kappa shape index (κ1) is 33.3. The van der Waals surface area contributed by atoms with E-state index in [9.17, 15) is 24.8 Å². The number of ether oxygens (including phenoxy) is 3. The van der Waals surface area contributed by atoms with Crippen LogP contribution in [0.4, 0.5) is 0 Å². The zero-order chi connectivity index (χ0) is 34.1. The van der Waals surface area contributed by atoms with Crippen LogP contribution in [0, 0.1) is 34.5 Å². The van der Waals surface area contributed by atoms with Gasteiger partial charge in [0.1, 0.15) is 34.9 Å². The summed E-state index contributed by atoms with van der Waals surface area (Å²) in [6, 6.07) is 13.2. The van der Waals surface area contributed by atoms with Crippen molar-refractivity contribution >= 4 is 18.4 Å². The van der Waals surface area contributed by atoms with Gasteiger partial charge < -0.3 is 28.8 Å². The van der Waals surface area contributed by atoms with Gasteiger partial charge in [0.15, 0.2) is 0 Å². The molecule has 3 aromatic rings. The number of aromatic nitrogens is 1. The number of rotatable bonds is 4. The summed E-state index contributed by atoms with van der Waals surface area (Å²) in [6.45, 7) is 7.04. The molecule has 1 aromatic carbocycles. The number of pyridine rings is 1. The van der Waals surface area contributed by atoms with Crippen LogP contribution in [-0.4, -0.2) is 51.4 Å². The molecule has 12 nitrogen and oxygen atoms in total. The van der Waals surface area contributed by atoms with Crippen molar-refractivity contribution in [3.63, 3.8) is 0 Å². The minimum Gasteiger partial charge on any atom is -0.483 e. The number of esters is 2. The molecule has 2 N–H and O–H groups in total. The highest BCUT2D eigenvalue weighted by molar-refractivity contribution is 5.89. The monoisotopic (exact) mass is 644 g/mol. The number of hydrogen-bond donors (Lipinski definition) is 2. The fourth-order valence-electron chi connectivity index (χ4n) is 8.06. The predicted octanol–water partition coefficient (Wildman–Crippen LogP) is 4.69. The number of hydrogen-bond acceptors (Lipinski definition) is 11. The molecular weight excluding hydrogens is 608 g/mol. The van der Waals surface area contributed by atoms with Crippen molar-refractivity contribution < 1.29 is 43.2 Å². The topological polar surface area (TPSA) is 186 Å². The second-order valence-electron chi connectivity index (χ2n) is 12.7. The summed E-state index contributed by atoms with van der Waals surface area (Å²) in [4.78, 5) is 51.4. The Morgan fingerprint density at radius 1 is 1.17 bits per heavy atom. The molecule has 12 heteroatoms. The number of fused-ring (bicyclic) bond motifs is 4. The summed E-state index contributed by atoms with van der Waals surface area (Å²) in [6.07, 6.45) is 2.24. The van der Waals surface area contributed by atoms with E-state index in [1.807, 2.05) is 19.9 Å². The zero-order valence-corrected chi connectivity index (χ0v) is 26.4. The number of carboxylic acid groups (broad SMARTS) is 1. The van der Waals surface area contributed by atoms with E-state index in [0.717, 1.165) is 0 Å². The van der Waals surface area contributed by atoms with Crippen molar-refractivity contribution in [3.05, 3.63) is 82.0 Å². The maximum atomic E-state index is 13.5. The Kier molecular flexibility index (Phi) is 9.22. The van der Waals surface area contributed by atoms with Crippen molar-refractivity contribution in [2.24, 2.45) is 23.2 Å². The number of benzene rings is 1. The minimum absolute atomic E-state index is 0.0221. The van der Waals surface area contributed by atoms with Gasteiger partial charge in [-0.05, 0) is 79.8 Å². The van der Waals surface area contributed by atoms with Crippen LogP contribution >= 0.6 is 0 Å². The Bertz CT molecular complexity index is 1750. The highest BCUT2D eigenvalue weighted by Crippen LogP contribution is 2.65. The van der Waals surface area contributed by atoms with Crippen molar-refractivity contribution in [2.45, 2.75) is 70.9 Å². The van der Waals surface area contributed by atoms with Gasteiger partial charge in [0.25, 0.3) is 6.47 Å². The second kappa shape index (κ2) is 13.0. The second-order valence-corrected chi connectivity index (χ2v) is 12.7. The molecule has 8 atom stereocenters. The fourth-order valence-corrected chi connectivity index (χ4v) is 8.06. The van der Waals surface area contributed by atoms with E-state index in [1.54, 1.807) is 42.7 Å². The zero-order valence-electron chi connectivity index (χ0n) is 26.4. The van der Waals surface area contributed by atoms with Crippen LogP contribution in [0.1, 0.15) is 74.5 Å². The molecule has 0 bridgehead atoms. The van der Waals surface area contributed by atoms with Crippen LogP contribution in [0.2, 0.25) is 0 Å². The van der Waals surface area contributed by atoms with Crippen molar-refractivity contribution in [2.75, 3.05) is 0 Å². The molecule has 2 fully saturated rings. The van der Waals surface area contributed by atoms with Gasteiger partial charge in [-0.2, -0.15) is 5.26 Å². The summed E-state index contributed by atoms with van der Waals surface area (Å²) < 4.78 is 24.3. The van der Waals surface area contributed by atoms with Crippen LogP contribution in [0.5, 0.6) is 5.75 Å². The van der Waals surface area contributed by atoms with Crippen LogP contribution in [0.15, 0.2) is 64.1 Å². The van der Waals surface area contributed by atoms with Crippen LogP contribution in [-0.2, 0) is 19.1 Å². The minimum atomic E-state index is -1.29. The molecule has 2 saturated carbocycles. The summed E-state index contributed by atoms with van der Waals surface area (Å²) in [5.74, 6) is -1.53. The molecule has 246 valence electrons. The molecular formula is C35H36N2O10. The largest absolute Gasteiger partial charge is 0.483 e. The molecule has 3 aliphatic rings. The molecule has 0 radical (unpaired) electrons. The van der Waals surface area contributed by atoms with E-state index < -0.39 is 40.7 Å². The maximum absolute atomic E-state index is 13.5. The van der Waals surface area contributed by atoms with Crippen molar-refractivity contribution in [3.8, 4) is 23.1 Å². The molecule has 8 unspecified atom stereocenters. The average Bonchev–Trinajstić information content (AvgIpc) is 3.03. The van der Waals surface area contributed by atoms with Gasteiger partial charge in [-0.15, -0.1) is 0 Å². The number of carbonyl (C=O) groups is 3. The SMILES string of the molecule is CC(=O)OC1CCC2(C)C(CC(OC(=O)c3ccc(C#N)cc3)C3(C)Oc4cc(-c5cccnc5)oc(=O)c4C(O)C23)C1C.O=CO. The summed E-state index contributed by atoms with van der Waals surface area (Å²) >= 11 is 0. The van der Waals surface area contributed by atoms with Gasteiger partial charge in [0, 0.05) is 36.9 Å². The number of aliphatic hydroxyl groups excluding tert-OH is 1. The lowest BCUT2D eigenvalue weighted by Crippen LogP contribution is -2.69. The Hall–Kier alpha value is -5.02. The fraction of sp³-hybridized carbons (Fsp3) is 0.429. The lowest BCUT2D eigenvalue weighted by Gasteiger charge is -2.64. The molecule has 47 heavy (non-hydrogen) atoms. The van der Waals surface area contributed by atoms with Gasteiger partial charge in [-0.3, -0.25) is 14.6 Å². The molecule has 6 rings (SSSR count). The third kappa shape index (κ3) is 5.99. The first-order valence-corrected chi connectivity index (χ1v) is 15.3. The molecule has 2 aliphatic carbocycles. The van der Waals surface area contributed by atoms with E-state index in [4.69, 9.17) is 28.5 Å². The van der Waals surface area contributed by atoms with Crippen molar-refractivity contribution in [1.82, 2.24) is 4.98 Å². The predicted molar refractivity (Wildman–Crippen MR) is 165 cm³/mol. The van der Waals surface area contributed by atoms with E-state index in [-0.39, 0.29) is 53.0 Å².